The second kappa shape index (κ2) is 8.24. The van der Waals surface area contributed by atoms with Crippen LogP contribution in [0.1, 0.15) is 46.0 Å². The smallest absolute Gasteiger partial charge is 0.0802 e. The molecule has 0 N–H and O–H groups in total. The van der Waals surface area contributed by atoms with Gasteiger partial charge in [0, 0.05) is 9.80 Å². The van der Waals surface area contributed by atoms with Gasteiger partial charge in [-0.25, -0.2) is 4.21 Å². The lowest BCUT2D eigenvalue weighted by molar-refractivity contribution is 0.672. The Bertz CT molecular complexity index is 368. The Kier molecular flexibility index (Phi) is 6.87. The number of benzene rings is 1. The van der Waals surface area contributed by atoms with Gasteiger partial charge >= 0.3 is 0 Å². The monoisotopic (exact) mass is 250 g/mol. The van der Waals surface area contributed by atoms with E-state index in [1.165, 1.54) is 25.7 Å². The van der Waals surface area contributed by atoms with Crippen LogP contribution in [0, 0.1) is 0 Å². The van der Waals surface area contributed by atoms with Crippen molar-refractivity contribution in [3.05, 3.63) is 41.3 Å². The highest BCUT2D eigenvalue weighted by atomic mass is 32.2. The quantitative estimate of drug-likeness (QED) is 0.643. The molecular weight excluding hydrogens is 228 g/mol. The van der Waals surface area contributed by atoms with E-state index >= 15 is 0 Å². The van der Waals surface area contributed by atoms with Crippen molar-refractivity contribution in [2.75, 3.05) is 0 Å². The maximum Gasteiger partial charge on any atom is 0.0802 e. The molecule has 0 aliphatic heterocycles. The van der Waals surface area contributed by atoms with Crippen molar-refractivity contribution in [2.24, 2.45) is 0 Å². The zero-order valence-electron chi connectivity index (χ0n) is 10.8. The Morgan fingerprint density at radius 1 is 1.18 bits per heavy atom. The van der Waals surface area contributed by atoms with Gasteiger partial charge in [0.1, 0.15) is 0 Å². The molecule has 0 spiro atoms. The molecule has 0 aliphatic rings. The molecule has 0 saturated heterocycles. The summed E-state index contributed by atoms with van der Waals surface area (Å²) >= 11 is 0. The zero-order valence-corrected chi connectivity index (χ0v) is 11.6. The van der Waals surface area contributed by atoms with E-state index in [-0.39, 0.29) is 0 Å². The van der Waals surface area contributed by atoms with Gasteiger partial charge in [-0.2, -0.15) is 0 Å². The summed E-state index contributed by atoms with van der Waals surface area (Å²) in [5, 5.41) is 0. The minimum Gasteiger partial charge on any atom is -0.249 e. The maximum atomic E-state index is 12.1. The Hall–Kier alpha value is -0.890. The molecule has 0 bridgehead atoms. The first-order chi connectivity index (χ1) is 8.25. The Morgan fingerprint density at radius 3 is 2.53 bits per heavy atom. The van der Waals surface area contributed by atoms with Crippen LogP contribution in [0.2, 0.25) is 0 Å². The van der Waals surface area contributed by atoms with E-state index in [0.29, 0.717) is 0 Å². The molecule has 2 heteroatoms. The summed E-state index contributed by atoms with van der Waals surface area (Å²) in [5.41, 5.74) is 0. The van der Waals surface area contributed by atoms with Crippen LogP contribution < -0.4 is 0 Å². The highest BCUT2D eigenvalue weighted by molar-refractivity contribution is 7.89. The first kappa shape index (κ1) is 14.2. The third-order valence-electron chi connectivity index (χ3n) is 2.74. The van der Waals surface area contributed by atoms with Gasteiger partial charge in [-0.05, 0) is 31.9 Å². The lowest BCUT2D eigenvalue weighted by Crippen LogP contribution is -1.92. The van der Waals surface area contributed by atoms with E-state index in [4.69, 9.17) is 0 Å². The molecule has 0 aromatic heterocycles. The second-order valence-electron chi connectivity index (χ2n) is 4.25. The summed E-state index contributed by atoms with van der Waals surface area (Å²) in [6.07, 6.45) is 8.21. The third-order valence-corrected chi connectivity index (χ3v) is 4.19. The number of hydrogen-bond acceptors (Lipinski definition) is 1. The van der Waals surface area contributed by atoms with Gasteiger partial charge in [-0.1, -0.05) is 50.5 Å². The molecular formula is C15H22OS. The van der Waals surface area contributed by atoms with Crippen LogP contribution in [0.25, 0.3) is 0 Å². The van der Waals surface area contributed by atoms with Crippen LogP contribution in [0.3, 0.4) is 0 Å². The first-order valence-corrected chi connectivity index (χ1v) is 7.54. The van der Waals surface area contributed by atoms with Crippen molar-refractivity contribution in [3.63, 3.8) is 0 Å². The van der Waals surface area contributed by atoms with Crippen LogP contribution in [0.15, 0.2) is 46.2 Å². The third kappa shape index (κ3) is 5.31. The molecule has 0 aliphatic carbocycles. The molecule has 1 rings (SSSR count). The first-order valence-electron chi connectivity index (χ1n) is 6.39. The predicted octanol–water partition coefficient (Wildman–Crippen LogP) is 4.67. The highest BCUT2D eigenvalue weighted by Gasteiger charge is 2.04. The van der Waals surface area contributed by atoms with Crippen LogP contribution in [-0.2, 0) is 10.8 Å². The number of unbranched alkanes of at least 4 members (excludes halogenated alkanes) is 4. The largest absolute Gasteiger partial charge is 0.249 e. The Morgan fingerprint density at radius 2 is 1.88 bits per heavy atom. The van der Waals surface area contributed by atoms with Crippen molar-refractivity contribution < 1.29 is 4.21 Å². The van der Waals surface area contributed by atoms with Gasteiger partial charge in [0.25, 0.3) is 0 Å². The normalized spacial score (nSPS) is 13.6. The molecule has 0 amide bonds. The molecule has 0 saturated carbocycles. The van der Waals surface area contributed by atoms with E-state index in [9.17, 15) is 4.21 Å². The topological polar surface area (TPSA) is 17.1 Å². The molecule has 1 nitrogen and oxygen atoms in total. The molecule has 1 aromatic rings. The number of rotatable bonds is 7. The van der Waals surface area contributed by atoms with Crippen LogP contribution >= 0.6 is 0 Å². The minimum absolute atomic E-state index is 0.898. The molecule has 1 unspecified atom stereocenters. The molecule has 94 valence electrons. The zero-order chi connectivity index (χ0) is 12.5. The van der Waals surface area contributed by atoms with Gasteiger partial charge in [-0.15, -0.1) is 0 Å². The minimum atomic E-state index is -0.974. The highest BCUT2D eigenvalue weighted by Crippen LogP contribution is 2.15. The fourth-order valence-corrected chi connectivity index (χ4v) is 2.73. The second-order valence-corrected chi connectivity index (χ2v) is 5.90. The molecule has 17 heavy (non-hydrogen) atoms. The summed E-state index contributed by atoms with van der Waals surface area (Å²) in [7, 11) is -0.974. The number of hydrogen-bond donors (Lipinski definition) is 0. The average Bonchev–Trinajstić information content (AvgIpc) is 2.38. The van der Waals surface area contributed by atoms with E-state index in [0.717, 1.165) is 16.2 Å². The van der Waals surface area contributed by atoms with Crippen molar-refractivity contribution in [1.82, 2.24) is 0 Å². The summed E-state index contributed by atoms with van der Waals surface area (Å²) in [6.45, 7) is 4.18. The van der Waals surface area contributed by atoms with Crippen LogP contribution in [0.5, 0.6) is 0 Å². The summed E-state index contributed by atoms with van der Waals surface area (Å²) in [5.74, 6) is 0. The molecule has 1 aromatic carbocycles. The lowest BCUT2D eigenvalue weighted by atomic mass is 10.1. The molecule has 1 atom stereocenters. The van der Waals surface area contributed by atoms with Gasteiger partial charge in [-0.3, -0.25) is 0 Å². The summed E-state index contributed by atoms with van der Waals surface area (Å²) in [4.78, 5) is 1.88. The van der Waals surface area contributed by atoms with Crippen LogP contribution in [0.4, 0.5) is 0 Å². The predicted molar refractivity (Wildman–Crippen MR) is 75.4 cm³/mol. The number of allylic oxidation sites excluding steroid dienone is 2. The van der Waals surface area contributed by atoms with Crippen molar-refractivity contribution in [2.45, 2.75) is 50.8 Å². The van der Waals surface area contributed by atoms with Crippen LogP contribution in [-0.4, -0.2) is 4.21 Å². The van der Waals surface area contributed by atoms with Crippen molar-refractivity contribution in [3.8, 4) is 0 Å². The van der Waals surface area contributed by atoms with Gasteiger partial charge in [0.2, 0.25) is 0 Å². The average molecular weight is 250 g/mol. The van der Waals surface area contributed by atoms with Gasteiger partial charge in [0.15, 0.2) is 0 Å². The van der Waals surface area contributed by atoms with E-state index in [2.05, 4.69) is 13.0 Å². The van der Waals surface area contributed by atoms with Crippen molar-refractivity contribution >= 4 is 10.8 Å². The molecule has 0 radical (unpaired) electrons. The standard InChI is InChI=1S/C15H22OS/c1-3-4-5-6-8-11-14(2)17(16)15-12-9-7-10-13-15/h7,9-13H,3-6,8H2,1-2H3/b14-11+. The van der Waals surface area contributed by atoms with Gasteiger partial charge in [0.05, 0.1) is 10.8 Å². The summed E-state index contributed by atoms with van der Waals surface area (Å²) in [6, 6.07) is 9.66. The fourth-order valence-electron chi connectivity index (χ4n) is 1.68. The SMILES string of the molecule is CCCCCC/C=C(\C)S(=O)c1ccccc1. The van der Waals surface area contributed by atoms with E-state index in [1.807, 2.05) is 37.3 Å². The van der Waals surface area contributed by atoms with Crippen molar-refractivity contribution in [1.29, 1.82) is 0 Å². The lowest BCUT2D eigenvalue weighted by Gasteiger charge is -2.02. The Balaban J connectivity index is 2.44. The Labute approximate surface area is 107 Å². The molecule has 0 fully saturated rings. The van der Waals surface area contributed by atoms with Gasteiger partial charge < -0.3 is 0 Å². The molecule has 0 heterocycles. The fraction of sp³-hybridized carbons (Fsp3) is 0.467. The maximum absolute atomic E-state index is 12.1. The van der Waals surface area contributed by atoms with E-state index < -0.39 is 10.8 Å². The van der Waals surface area contributed by atoms with E-state index in [1.54, 1.807) is 0 Å². The summed E-state index contributed by atoms with van der Waals surface area (Å²) < 4.78 is 12.1.